The molecule has 4 nitrogen and oxygen atoms in total. The number of methoxy groups -OCH3 is 1. The molecule has 2 aromatic rings. The maximum absolute atomic E-state index is 12.2. The number of rotatable bonds is 4. The fraction of sp³-hybridized carbons (Fsp3) is 0.286. The van der Waals surface area contributed by atoms with Crippen molar-refractivity contribution < 1.29 is 9.53 Å². The molecule has 0 bridgehead atoms. The minimum absolute atomic E-state index is 0.118. The molecule has 18 heavy (non-hydrogen) atoms. The van der Waals surface area contributed by atoms with Crippen LogP contribution in [0.15, 0.2) is 30.5 Å². The summed E-state index contributed by atoms with van der Waals surface area (Å²) >= 11 is 0. The van der Waals surface area contributed by atoms with Crippen molar-refractivity contribution in [3.05, 3.63) is 36.0 Å². The molecule has 1 heterocycles. The van der Waals surface area contributed by atoms with Gasteiger partial charge in [-0.05, 0) is 12.5 Å². The van der Waals surface area contributed by atoms with Gasteiger partial charge in [-0.1, -0.05) is 25.1 Å². The highest BCUT2D eigenvalue weighted by atomic mass is 16.5. The first-order chi connectivity index (χ1) is 8.77. The van der Waals surface area contributed by atoms with E-state index in [1.54, 1.807) is 13.3 Å². The quantitative estimate of drug-likeness (QED) is 0.898. The van der Waals surface area contributed by atoms with Gasteiger partial charge in [-0.25, -0.2) is 0 Å². The van der Waals surface area contributed by atoms with E-state index in [4.69, 9.17) is 4.74 Å². The van der Waals surface area contributed by atoms with E-state index in [0.29, 0.717) is 17.9 Å². The van der Waals surface area contributed by atoms with Gasteiger partial charge in [0.15, 0.2) is 5.75 Å². The Kier molecular flexibility index (Phi) is 3.77. The summed E-state index contributed by atoms with van der Waals surface area (Å²) in [6.07, 6.45) is 2.49. The van der Waals surface area contributed by atoms with Gasteiger partial charge in [0.05, 0.1) is 24.4 Å². The largest absolute Gasteiger partial charge is 0.494 e. The second kappa shape index (κ2) is 5.49. The summed E-state index contributed by atoms with van der Waals surface area (Å²) in [6.45, 7) is 2.67. The number of nitrogens with one attached hydrogen (secondary N) is 1. The van der Waals surface area contributed by atoms with Gasteiger partial charge in [0.1, 0.15) is 0 Å². The minimum Gasteiger partial charge on any atom is -0.494 e. The molecule has 0 atom stereocenters. The lowest BCUT2D eigenvalue weighted by atomic mass is 10.1. The number of hydrogen-bond donors (Lipinski definition) is 1. The molecule has 0 fully saturated rings. The number of hydrogen-bond acceptors (Lipinski definition) is 3. The van der Waals surface area contributed by atoms with Crippen LogP contribution in [0.3, 0.4) is 0 Å². The number of ether oxygens (including phenoxy) is 1. The summed E-state index contributed by atoms with van der Waals surface area (Å²) < 4.78 is 5.23. The maximum Gasteiger partial charge on any atom is 0.255 e. The Morgan fingerprint density at radius 1 is 1.39 bits per heavy atom. The van der Waals surface area contributed by atoms with E-state index in [-0.39, 0.29) is 5.91 Å². The second-order valence-electron chi connectivity index (χ2n) is 3.97. The second-order valence-corrected chi connectivity index (χ2v) is 3.97. The van der Waals surface area contributed by atoms with Crippen LogP contribution in [-0.2, 0) is 0 Å². The van der Waals surface area contributed by atoms with Crippen LogP contribution in [0, 0.1) is 0 Å². The third-order valence-electron chi connectivity index (χ3n) is 2.72. The molecule has 4 heteroatoms. The average Bonchev–Trinajstić information content (AvgIpc) is 2.43. The van der Waals surface area contributed by atoms with Crippen molar-refractivity contribution >= 4 is 16.8 Å². The molecule has 94 valence electrons. The fourth-order valence-corrected chi connectivity index (χ4v) is 1.84. The van der Waals surface area contributed by atoms with Crippen LogP contribution in [-0.4, -0.2) is 24.5 Å². The summed E-state index contributed by atoms with van der Waals surface area (Å²) in [5.74, 6) is 0.384. The monoisotopic (exact) mass is 244 g/mol. The Morgan fingerprint density at radius 2 is 2.17 bits per heavy atom. The molecule has 1 aromatic heterocycles. The molecule has 1 amide bonds. The van der Waals surface area contributed by atoms with Gasteiger partial charge in [-0.2, -0.15) is 0 Å². The van der Waals surface area contributed by atoms with Gasteiger partial charge in [0, 0.05) is 11.9 Å². The van der Waals surface area contributed by atoms with E-state index in [1.807, 2.05) is 31.2 Å². The van der Waals surface area contributed by atoms with Crippen LogP contribution < -0.4 is 10.1 Å². The smallest absolute Gasteiger partial charge is 0.255 e. The number of aromatic nitrogens is 1. The van der Waals surface area contributed by atoms with Crippen molar-refractivity contribution in [1.82, 2.24) is 10.3 Å². The molecular formula is C14H16N2O2. The van der Waals surface area contributed by atoms with Crippen LogP contribution in [0.4, 0.5) is 0 Å². The summed E-state index contributed by atoms with van der Waals surface area (Å²) in [7, 11) is 1.54. The van der Waals surface area contributed by atoms with E-state index < -0.39 is 0 Å². The predicted molar refractivity (Wildman–Crippen MR) is 70.9 cm³/mol. The van der Waals surface area contributed by atoms with Crippen molar-refractivity contribution in [2.75, 3.05) is 13.7 Å². The zero-order valence-electron chi connectivity index (χ0n) is 10.6. The van der Waals surface area contributed by atoms with Crippen LogP contribution in [0.5, 0.6) is 5.75 Å². The molecule has 0 saturated carbocycles. The fourth-order valence-electron chi connectivity index (χ4n) is 1.84. The molecule has 1 aromatic carbocycles. The molecule has 1 N–H and O–H groups in total. The highest BCUT2D eigenvalue weighted by molar-refractivity contribution is 6.08. The van der Waals surface area contributed by atoms with Crippen molar-refractivity contribution in [1.29, 1.82) is 0 Å². The first-order valence-corrected chi connectivity index (χ1v) is 5.97. The Bertz CT molecular complexity index is 567. The number of fused-ring (bicyclic) bond motifs is 1. The SMILES string of the molecule is CCCNC(=O)c1c(OC)cnc2ccccc12. The Balaban J connectivity index is 2.54. The normalized spacial score (nSPS) is 10.3. The van der Waals surface area contributed by atoms with Gasteiger partial charge >= 0.3 is 0 Å². The summed E-state index contributed by atoms with van der Waals surface area (Å²) in [5, 5.41) is 3.68. The van der Waals surface area contributed by atoms with Crippen LogP contribution in [0.1, 0.15) is 23.7 Å². The van der Waals surface area contributed by atoms with Gasteiger partial charge in [-0.15, -0.1) is 0 Å². The Morgan fingerprint density at radius 3 is 2.89 bits per heavy atom. The van der Waals surface area contributed by atoms with Gasteiger partial charge in [0.25, 0.3) is 5.91 Å². The summed E-state index contributed by atoms with van der Waals surface area (Å²) in [4.78, 5) is 16.4. The van der Waals surface area contributed by atoms with E-state index in [0.717, 1.165) is 17.3 Å². The number of amides is 1. The molecule has 0 spiro atoms. The predicted octanol–water partition coefficient (Wildman–Crippen LogP) is 2.38. The zero-order valence-corrected chi connectivity index (χ0v) is 10.6. The number of carbonyl (C=O) groups excluding carboxylic acids is 1. The van der Waals surface area contributed by atoms with Crippen molar-refractivity contribution in [3.8, 4) is 5.75 Å². The lowest BCUT2D eigenvalue weighted by molar-refractivity contribution is 0.0952. The zero-order chi connectivity index (χ0) is 13.0. The van der Waals surface area contributed by atoms with Crippen molar-refractivity contribution in [3.63, 3.8) is 0 Å². The molecule has 0 radical (unpaired) electrons. The third-order valence-corrected chi connectivity index (χ3v) is 2.72. The number of carbonyl (C=O) groups is 1. The van der Waals surface area contributed by atoms with Crippen LogP contribution in [0.2, 0.25) is 0 Å². The first-order valence-electron chi connectivity index (χ1n) is 5.97. The number of nitrogens with zero attached hydrogens (tertiary/aromatic N) is 1. The lowest BCUT2D eigenvalue weighted by Crippen LogP contribution is -2.24. The topological polar surface area (TPSA) is 51.2 Å². The molecular weight excluding hydrogens is 228 g/mol. The highest BCUT2D eigenvalue weighted by Gasteiger charge is 2.16. The molecule has 0 unspecified atom stereocenters. The number of pyridine rings is 1. The highest BCUT2D eigenvalue weighted by Crippen LogP contribution is 2.25. The van der Waals surface area contributed by atoms with Crippen molar-refractivity contribution in [2.45, 2.75) is 13.3 Å². The summed E-state index contributed by atoms with van der Waals surface area (Å²) in [5.41, 5.74) is 1.34. The number of para-hydroxylation sites is 1. The lowest BCUT2D eigenvalue weighted by Gasteiger charge is -2.11. The molecule has 0 aliphatic carbocycles. The molecule has 2 rings (SSSR count). The van der Waals surface area contributed by atoms with E-state index >= 15 is 0 Å². The minimum atomic E-state index is -0.118. The molecule has 0 aliphatic rings. The van der Waals surface area contributed by atoms with Gasteiger partial charge in [-0.3, -0.25) is 9.78 Å². The van der Waals surface area contributed by atoms with E-state index in [2.05, 4.69) is 10.3 Å². The Labute approximate surface area is 106 Å². The van der Waals surface area contributed by atoms with E-state index in [9.17, 15) is 4.79 Å². The average molecular weight is 244 g/mol. The Hall–Kier alpha value is -2.10. The van der Waals surface area contributed by atoms with Gasteiger partial charge < -0.3 is 10.1 Å². The molecule has 0 aliphatic heterocycles. The van der Waals surface area contributed by atoms with Crippen molar-refractivity contribution in [2.24, 2.45) is 0 Å². The standard InChI is InChI=1S/C14H16N2O2/c1-3-8-15-14(17)13-10-6-4-5-7-11(10)16-9-12(13)18-2/h4-7,9H,3,8H2,1-2H3,(H,15,17). The number of benzene rings is 1. The third kappa shape index (κ3) is 2.27. The van der Waals surface area contributed by atoms with Gasteiger partial charge in [0.2, 0.25) is 0 Å². The van der Waals surface area contributed by atoms with E-state index in [1.165, 1.54) is 0 Å². The van der Waals surface area contributed by atoms with Crippen LogP contribution in [0.25, 0.3) is 10.9 Å². The van der Waals surface area contributed by atoms with Crippen LogP contribution >= 0.6 is 0 Å². The maximum atomic E-state index is 12.2. The first kappa shape index (κ1) is 12.4. The molecule has 0 saturated heterocycles. The summed E-state index contributed by atoms with van der Waals surface area (Å²) in [6, 6.07) is 7.55.